The van der Waals surface area contributed by atoms with E-state index in [0.29, 0.717) is 5.91 Å². The molecule has 98 valence electrons. The van der Waals surface area contributed by atoms with Gasteiger partial charge in [-0.15, -0.1) is 0 Å². The number of nitrogens with zero attached hydrogens (tertiary/aromatic N) is 2. The van der Waals surface area contributed by atoms with Crippen molar-refractivity contribution in [2.45, 2.75) is 51.1 Å². The topological polar surface area (TPSA) is 49.6 Å². The van der Waals surface area contributed by atoms with Crippen LogP contribution in [0.2, 0.25) is 0 Å². The van der Waals surface area contributed by atoms with E-state index in [1.165, 1.54) is 0 Å². The van der Waals surface area contributed by atoms with Crippen LogP contribution in [0.25, 0.3) is 0 Å². The minimum absolute atomic E-state index is 0.139. The molecule has 2 atom stereocenters. The Morgan fingerprint density at radius 1 is 1.29 bits per heavy atom. The maximum absolute atomic E-state index is 12.5. The quantitative estimate of drug-likeness (QED) is 0.793. The lowest BCUT2D eigenvalue weighted by Gasteiger charge is -2.34. The van der Waals surface area contributed by atoms with Gasteiger partial charge in [0.1, 0.15) is 0 Å². The van der Waals surface area contributed by atoms with Crippen molar-refractivity contribution >= 4 is 5.91 Å². The van der Waals surface area contributed by atoms with Crippen molar-refractivity contribution < 1.29 is 4.79 Å². The molecule has 2 aliphatic rings. The molecule has 2 unspecified atom stereocenters. The highest BCUT2D eigenvalue weighted by Gasteiger charge is 2.34. The Bertz CT molecular complexity index is 269. The summed E-state index contributed by atoms with van der Waals surface area (Å²) in [5, 5.41) is 0. The molecule has 2 heterocycles. The minimum Gasteiger partial charge on any atom is -0.340 e. The maximum atomic E-state index is 12.5. The van der Waals surface area contributed by atoms with Crippen molar-refractivity contribution in [3.8, 4) is 0 Å². The van der Waals surface area contributed by atoms with E-state index >= 15 is 0 Å². The first-order valence-electron chi connectivity index (χ1n) is 7.00. The third-order valence-electron chi connectivity index (χ3n) is 3.93. The van der Waals surface area contributed by atoms with Crippen molar-refractivity contribution in [3.05, 3.63) is 0 Å². The fourth-order valence-corrected chi connectivity index (χ4v) is 3.08. The van der Waals surface area contributed by atoms with E-state index in [1.807, 2.05) is 4.90 Å². The number of amides is 1. The summed E-state index contributed by atoms with van der Waals surface area (Å²) >= 11 is 0. The van der Waals surface area contributed by atoms with Crippen LogP contribution in [0.15, 0.2) is 0 Å². The molecule has 0 saturated carbocycles. The summed E-state index contributed by atoms with van der Waals surface area (Å²) in [4.78, 5) is 16.8. The zero-order valence-corrected chi connectivity index (χ0v) is 10.9. The number of carbonyl (C=O) groups excluding carboxylic acids is 1. The van der Waals surface area contributed by atoms with Gasteiger partial charge in [0, 0.05) is 19.1 Å². The standard InChI is InChI=1S/C13H25N3O/c1-2-7-15-8-4-6-12(15)13(17)16-9-3-5-11(14)10-16/h11-12H,2-10,14H2,1H3. The van der Waals surface area contributed by atoms with Gasteiger partial charge in [-0.2, -0.15) is 0 Å². The van der Waals surface area contributed by atoms with E-state index in [9.17, 15) is 4.79 Å². The highest BCUT2D eigenvalue weighted by molar-refractivity contribution is 5.82. The Balaban J connectivity index is 1.93. The monoisotopic (exact) mass is 239 g/mol. The maximum Gasteiger partial charge on any atom is 0.239 e. The molecule has 4 heteroatoms. The molecule has 0 aliphatic carbocycles. The number of hydrogen-bond donors (Lipinski definition) is 1. The molecular formula is C13H25N3O. The van der Waals surface area contributed by atoms with Crippen LogP contribution in [-0.2, 0) is 4.79 Å². The first-order valence-corrected chi connectivity index (χ1v) is 7.00. The SMILES string of the molecule is CCCN1CCCC1C(=O)N1CCCC(N)C1. The van der Waals surface area contributed by atoms with E-state index in [-0.39, 0.29) is 12.1 Å². The average molecular weight is 239 g/mol. The van der Waals surface area contributed by atoms with E-state index in [1.54, 1.807) is 0 Å². The van der Waals surface area contributed by atoms with Crippen molar-refractivity contribution in [3.63, 3.8) is 0 Å². The third kappa shape index (κ3) is 2.99. The van der Waals surface area contributed by atoms with Crippen LogP contribution in [0.3, 0.4) is 0 Å². The van der Waals surface area contributed by atoms with Crippen LogP contribution in [0.4, 0.5) is 0 Å². The molecule has 0 aromatic heterocycles. The lowest BCUT2D eigenvalue weighted by atomic mass is 10.0. The number of hydrogen-bond acceptors (Lipinski definition) is 3. The van der Waals surface area contributed by atoms with Crippen LogP contribution in [0.1, 0.15) is 39.0 Å². The molecular weight excluding hydrogens is 214 g/mol. The second-order valence-corrected chi connectivity index (χ2v) is 5.38. The second kappa shape index (κ2) is 5.83. The molecule has 0 aromatic rings. The lowest BCUT2D eigenvalue weighted by Crippen LogP contribution is -2.52. The fraction of sp³-hybridized carbons (Fsp3) is 0.923. The molecule has 2 N–H and O–H groups in total. The normalized spacial score (nSPS) is 30.8. The van der Waals surface area contributed by atoms with Crippen molar-refractivity contribution in [1.29, 1.82) is 0 Å². The van der Waals surface area contributed by atoms with Crippen LogP contribution in [0, 0.1) is 0 Å². The van der Waals surface area contributed by atoms with Crippen LogP contribution < -0.4 is 5.73 Å². The molecule has 0 aromatic carbocycles. The Labute approximate surface area is 104 Å². The third-order valence-corrected chi connectivity index (χ3v) is 3.93. The Kier molecular flexibility index (Phi) is 4.40. The summed E-state index contributed by atoms with van der Waals surface area (Å²) in [6.07, 6.45) is 5.45. The predicted octanol–water partition coefficient (Wildman–Crippen LogP) is 0.811. The fourth-order valence-electron chi connectivity index (χ4n) is 3.08. The largest absolute Gasteiger partial charge is 0.340 e. The molecule has 1 amide bonds. The highest BCUT2D eigenvalue weighted by Crippen LogP contribution is 2.21. The van der Waals surface area contributed by atoms with Crippen molar-refractivity contribution in [1.82, 2.24) is 9.80 Å². The van der Waals surface area contributed by atoms with Gasteiger partial charge in [-0.1, -0.05) is 6.92 Å². The van der Waals surface area contributed by atoms with E-state index in [0.717, 1.165) is 58.3 Å². The smallest absolute Gasteiger partial charge is 0.239 e. The van der Waals surface area contributed by atoms with Gasteiger partial charge in [0.25, 0.3) is 0 Å². The second-order valence-electron chi connectivity index (χ2n) is 5.38. The summed E-state index contributed by atoms with van der Waals surface area (Å²) in [6.45, 7) is 5.98. The van der Waals surface area contributed by atoms with Gasteiger partial charge in [0.05, 0.1) is 6.04 Å². The van der Waals surface area contributed by atoms with Crippen LogP contribution >= 0.6 is 0 Å². The molecule has 0 bridgehead atoms. The molecule has 0 spiro atoms. The Hall–Kier alpha value is -0.610. The average Bonchev–Trinajstić information content (AvgIpc) is 2.77. The van der Waals surface area contributed by atoms with Gasteiger partial charge in [0.2, 0.25) is 5.91 Å². The van der Waals surface area contributed by atoms with Crippen LogP contribution in [-0.4, -0.2) is 54.0 Å². The van der Waals surface area contributed by atoms with Crippen LogP contribution in [0.5, 0.6) is 0 Å². The molecule has 2 rings (SSSR count). The van der Waals surface area contributed by atoms with Gasteiger partial charge in [-0.25, -0.2) is 0 Å². The number of likely N-dealkylation sites (tertiary alicyclic amines) is 2. The summed E-state index contributed by atoms with van der Waals surface area (Å²) in [5.74, 6) is 0.325. The van der Waals surface area contributed by atoms with E-state index < -0.39 is 0 Å². The molecule has 2 fully saturated rings. The molecule has 2 aliphatic heterocycles. The zero-order valence-electron chi connectivity index (χ0n) is 10.9. The zero-order chi connectivity index (χ0) is 12.3. The minimum atomic E-state index is 0.139. The molecule has 0 radical (unpaired) electrons. The number of rotatable bonds is 3. The predicted molar refractivity (Wildman–Crippen MR) is 68.7 cm³/mol. The Morgan fingerprint density at radius 3 is 2.76 bits per heavy atom. The van der Waals surface area contributed by atoms with Gasteiger partial charge in [-0.3, -0.25) is 9.69 Å². The molecule has 2 saturated heterocycles. The van der Waals surface area contributed by atoms with Crippen molar-refractivity contribution in [2.75, 3.05) is 26.2 Å². The number of nitrogens with two attached hydrogens (primary N) is 1. The summed E-state index contributed by atoms with van der Waals surface area (Å²) < 4.78 is 0. The van der Waals surface area contributed by atoms with E-state index in [2.05, 4.69) is 11.8 Å². The summed E-state index contributed by atoms with van der Waals surface area (Å²) in [7, 11) is 0. The van der Waals surface area contributed by atoms with Gasteiger partial charge in [0.15, 0.2) is 0 Å². The first-order chi connectivity index (χ1) is 8.22. The van der Waals surface area contributed by atoms with Gasteiger partial charge < -0.3 is 10.6 Å². The van der Waals surface area contributed by atoms with Gasteiger partial charge >= 0.3 is 0 Å². The van der Waals surface area contributed by atoms with Gasteiger partial charge in [-0.05, 0) is 45.2 Å². The summed E-state index contributed by atoms with van der Waals surface area (Å²) in [5.41, 5.74) is 5.95. The number of piperidine rings is 1. The van der Waals surface area contributed by atoms with Crippen molar-refractivity contribution in [2.24, 2.45) is 5.73 Å². The first kappa shape index (κ1) is 12.8. The Morgan fingerprint density at radius 2 is 2.06 bits per heavy atom. The molecule has 4 nitrogen and oxygen atoms in total. The molecule has 17 heavy (non-hydrogen) atoms. The van der Waals surface area contributed by atoms with E-state index in [4.69, 9.17) is 5.73 Å². The lowest BCUT2D eigenvalue weighted by molar-refractivity contribution is -0.137. The number of carbonyl (C=O) groups is 1. The summed E-state index contributed by atoms with van der Waals surface area (Å²) in [6, 6.07) is 0.328. The highest BCUT2D eigenvalue weighted by atomic mass is 16.2.